The minimum absolute atomic E-state index is 0.256. The second-order valence-electron chi connectivity index (χ2n) is 7.99. The van der Waals surface area contributed by atoms with Gasteiger partial charge in [-0.2, -0.15) is 5.26 Å². The molecule has 0 aliphatic rings. The number of nitrogens with zero attached hydrogens (tertiary/aromatic N) is 2. The van der Waals surface area contributed by atoms with Crippen molar-refractivity contribution in [3.8, 4) is 34.2 Å². The summed E-state index contributed by atoms with van der Waals surface area (Å²) in [5.41, 5.74) is 12.3. The van der Waals surface area contributed by atoms with Crippen LogP contribution >= 0.6 is 0 Å². The van der Waals surface area contributed by atoms with Crippen LogP contribution in [-0.4, -0.2) is 11.6 Å². The van der Waals surface area contributed by atoms with E-state index in [1.54, 1.807) is 0 Å². The Balaban J connectivity index is 1.86. The monoisotopic (exact) mass is 413 g/mol. The second kappa shape index (κ2) is 10.6. The number of hydrogen-bond acceptors (Lipinski definition) is 4. The van der Waals surface area contributed by atoms with E-state index in [2.05, 4.69) is 37.0 Å². The van der Waals surface area contributed by atoms with Crippen molar-refractivity contribution in [2.75, 3.05) is 12.3 Å². The molecule has 0 aliphatic heterocycles. The normalized spacial score (nSPS) is 10.6. The Morgan fingerprint density at radius 2 is 1.55 bits per heavy atom. The molecule has 0 radical (unpaired) electrons. The third-order valence-corrected chi connectivity index (χ3v) is 5.57. The lowest BCUT2D eigenvalue weighted by molar-refractivity contribution is 0.304. The van der Waals surface area contributed by atoms with Crippen LogP contribution in [0.25, 0.3) is 22.4 Å². The lowest BCUT2D eigenvalue weighted by Gasteiger charge is -2.16. The van der Waals surface area contributed by atoms with Crippen LogP contribution in [0, 0.1) is 25.2 Å². The lowest BCUT2D eigenvalue weighted by Crippen LogP contribution is -2.03. The number of aromatic nitrogens is 1. The summed E-state index contributed by atoms with van der Waals surface area (Å²) >= 11 is 0. The van der Waals surface area contributed by atoms with Crippen molar-refractivity contribution in [2.45, 2.75) is 52.9 Å². The van der Waals surface area contributed by atoms with Crippen molar-refractivity contribution in [3.05, 3.63) is 65.2 Å². The van der Waals surface area contributed by atoms with Gasteiger partial charge in [-0.15, -0.1) is 0 Å². The van der Waals surface area contributed by atoms with Crippen molar-refractivity contribution in [3.63, 3.8) is 0 Å². The smallest absolute Gasteiger partial charge is 0.142 e. The summed E-state index contributed by atoms with van der Waals surface area (Å²) in [4.78, 5) is 4.55. The number of unbranched alkanes of at least 4 members (excludes halogenated alkanes) is 4. The topological polar surface area (TPSA) is 71.9 Å². The molecule has 3 rings (SSSR count). The molecule has 1 aromatic heterocycles. The summed E-state index contributed by atoms with van der Waals surface area (Å²) in [5.74, 6) is 1.10. The van der Waals surface area contributed by atoms with E-state index in [1.807, 2.05) is 43.3 Å². The van der Waals surface area contributed by atoms with Gasteiger partial charge in [0.25, 0.3) is 0 Å². The van der Waals surface area contributed by atoms with Gasteiger partial charge in [-0.05, 0) is 43.5 Å². The van der Waals surface area contributed by atoms with Gasteiger partial charge in [-0.3, -0.25) is 0 Å². The number of rotatable bonds is 9. The number of benzene rings is 2. The molecule has 0 aliphatic carbocycles. The number of pyridine rings is 1. The minimum Gasteiger partial charge on any atom is -0.494 e. The van der Waals surface area contributed by atoms with E-state index < -0.39 is 0 Å². The SMILES string of the molecule is CCCCCCCOc1ccc(-c2c(C)c(-c3ccc(C)cc3)nc(N)c2C#N)cc1. The Labute approximate surface area is 185 Å². The Kier molecular flexibility index (Phi) is 7.67. The zero-order chi connectivity index (χ0) is 22.2. The van der Waals surface area contributed by atoms with Gasteiger partial charge < -0.3 is 10.5 Å². The lowest BCUT2D eigenvalue weighted by atomic mass is 9.92. The molecule has 0 spiro atoms. The molecule has 3 aromatic rings. The Morgan fingerprint density at radius 1 is 0.903 bits per heavy atom. The highest BCUT2D eigenvalue weighted by Crippen LogP contribution is 2.36. The van der Waals surface area contributed by atoms with Crippen LogP contribution in [0.5, 0.6) is 5.75 Å². The van der Waals surface area contributed by atoms with E-state index in [0.717, 1.165) is 46.7 Å². The standard InChI is InChI=1S/C27H31N3O/c1-4-5-6-7-8-17-31-23-15-13-21(14-16-23)25-20(3)26(30-27(29)24(25)18-28)22-11-9-19(2)10-12-22/h9-16H,4-8,17H2,1-3H3,(H2,29,30). The first-order valence-electron chi connectivity index (χ1n) is 11.1. The van der Waals surface area contributed by atoms with E-state index in [0.29, 0.717) is 5.56 Å². The summed E-state index contributed by atoms with van der Waals surface area (Å²) in [6.07, 6.45) is 6.07. The van der Waals surface area contributed by atoms with E-state index in [1.165, 1.54) is 31.2 Å². The molecular weight excluding hydrogens is 382 g/mol. The molecule has 0 atom stereocenters. The fourth-order valence-electron chi connectivity index (χ4n) is 3.77. The van der Waals surface area contributed by atoms with Crippen LogP contribution in [-0.2, 0) is 0 Å². The molecular formula is C27H31N3O. The highest BCUT2D eigenvalue weighted by molar-refractivity contribution is 5.84. The summed E-state index contributed by atoms with van der Waals surface area (Å²) < 4.78 is 5.89. The molecule has 1 heterocycles. The highest BCUT2D eigenvalue weighted by atomic mass is 16.5. The van der Waals surface area contributed by atoms with E-state index in [-0.39, 0.29) is 5.82 Å². The maximum Gasteiger partial charge on any atom is 0.142 e. The molecule has 31 heavy (non-hydrogen) atoms. The van der Waals surface area contributed by atoms with Gasteiger partial charge in [0.15, 0.2) is 0 Å². The number of ether oxygens (including phenoxy) is 1. The molecule has 4 nitrogen and oxygen atoms in total. The predicted molar refractivity (Wildman–Crippen MR) is 128 cm³/mol. The van der Waals surface area contributed by atoms with Gasteiger partial charge in [0.1, 0.15) is 23.2 Å². The zero-order valence-electron chi connectivity index (χ0n) is 18.7. The Morgan fingerprint density at radius 3 is 2.19 bits per heavy atom. The van der Waals surface area contributed by atoms with Gasteiger partial charge in [-0.25, -0.2) is 4.98 Å². The first-order chi connectivity index (χ1) is 15.0. The molecule has 0 saturated heterocycles. The molecule has 0 amide bonds. The molecule has 0 saturated carbocycles. The summed E-state index contributed by atoms with van der Waals surface area (Å²) in [6, 6.07) is 18.3. The third kappa shape index (κ3) is 5.44. The first-order valence-corrected chi connectivity index (χ1v) is 11.1. The average molecular weight is 414 g/mol. The van der Waals surface area contributed by atoms with Crippen molar-refractivity contribution >= 4 is 5.82 Å². The van der Waals surface area contributed by atoms with Crippen LogP contribution in [0.4, 0.5) is 5.82 Å². The van der Waals surface area contributed by atoms with Gasteiger partial charge in [0, 0.05) is 11.1 Å². The van der Waals surface area contributed by atoms with Gasteiger partial charge in [0.2, 0.25) is 0 Å². The number of hydrogen-bond donors (Lipinski definition) is 1. The van der Waals surface area contributed by atoms with Crippen LogP contribution in [0.1, 0.15) is 55.7 Å². The van der Waals surface area contributed by atoms with Crippen LogP contribution in [0.2, 0.25) is 0 Å². The van der Waals surface area contributed by atoms with E-state index in [4.69, 9.17) is 10.5 Å². The van der Waals surface area contributed by atoms with Crippen molar-refractivity contribution < 1.29 is 4.74 Å². The largest absolute Gasteiger partial charge is 0.494 e. The molecule has 2 aromatic carbocycles. The van der Waals surface area contributed by atoms with Crippen LogP contribution in [0.15, 0.2) is 48.5 Å². The average Bonchev–Trinajstić information content (AvgIpc) is 2.78. The summed E-state index contributed by atoms with van der Waals surface area (Å²) in [7, 11) is 0. The molecule has 0 bridgehead atoms. The molecule has 2 N–H and O–H groups in total. The Hall–Kier alpha value is -3.32. The maximum atomic E-state index is 9.75. The number of nitrogens with two attached hydrogens (primary N) is 1. The molecule has 0 unspecified atom stereocenters. The highest BCUT2D eigenvalue weighted by Gasteiger charge is 2.18. The maximum absolute atomic E-state index is 9.75. The summed E-state index contributed by atoms with van der Waals surface area (Å²) in [6.45, 7) is 7.00. The fraction of sp³-hybridized carbons (Fsp3) is 0.333. The van der Waals surface area contributed by atoms with Crippen molar-refractivity contribution in [1.29, 1.82) is 5.26 Å². The molecule has 0 fully saturated rings. The first kappa shape index (κ1) is 22.4. The predicted octanol–water partition coefficient (Wildman–Crippen LogP) is 6.84. The third-order valence-electron chi connectivity index (χ3n) is 5.57. The van der Waals surface area contributed by atoms with Crippen LogP contribution in [0.3, 0.4) is 0 Å². The zero-order valence-corrected chi connectivity index (χ0v) is 18.7. The minimum atomic E-state index is 0.256. The molecule has 160 valence electrons. The quantitative estimate of drug-likeness (QED) is 0.390. The van der Waals surface area contributed by atoms with Crippen molar-refractivity contribution in [2.24, 2.45) is 0 Å². The number of nitrogen functional groups attached to an aromatic ring is 1. The van der Waals surface area contributed by atoms with Gasteiger partial charge in [-0.1, -0.05) is 74.6 Å². The Bertz CT molecular complexity index is 1050. The number of anilines is 1. The molecule has 4 heteroatoms. The summed E-state index contributed by atoms with van der Waals surface area (Å²) in [5, 5.41) is 9.75. The van der Waals surface area contributed by atoms with E-state index >= 15 is 0 Å². The number of nitriles is 1. The van der Waals surface area contributed by atoms with Gasteiger partial charge in [0.05, 0.1) is 12.3 Å². The van der Waals surface area contributed by atoms with Crippen molar-refractivity contribution in [1.82, 2.24) is 4.98 Å². The van der Waals surface area contributed by atoms with Gasteiger partial charge >= 0.3 is 0 Å². The van der Waals surface area contributed by atoms with Crippen LogP contribution < -0.4 is 10.5 Å². The second-order valence-corrected chi connectivity index (χ2v) is 7.99. The van der Waals surface area contributed by atoms with E-state index in [9.17, 15) is 5.26 Å². The number of aryl methyl sites for hydroxylation is 1. The fourth-order valence-corrected chi connectivity index (χ4v) is 3.77.